The van der Waals surface area contributed by atoms with Gasteiger partial charge in [0.1, 0.15) is 0 Å². The number of nitrogens with two attached hydrogens (primary N) is 1. The third-order valence-corrected chi connectivity index (χ3v) is 2.45. The highest BCUT2D eigenvalue weighted by atomic mass is 16.4. The Balaban J connectivity index is 2.30. The van der Waals surface area contributed by atoms with Gasteiger partial charge in [-0.25, -0.2) is 4.79 Å². The lowest BCUT2D eigenvalue weighted by Crippen LogP contribution is -2.03. The molecule has 18 heavy (non-hydrogen) atoms. The van der Waals surface area contributed by atoms with Crippen molar-refractivity contribution in [3.05, 3.63) is 47.8 Å². The van der Waals surface area contributed by atoms with Gasteiger partial charge in [0, 0.05) is 17.6 Å². The maximum atomic E-state index is 11.0. The summed E-state index contributed by atoms with van der Waals surface area (Å²) in [6.07, 6.45) is 3.42. The Morgan fingerprint density at radius 1 is 1.28 bits per heavy atom. The molecule has 1 heterocycles. The smallest absolute Gasteiger partial charge is 0.337 e. The number of anilines is 3. The number of carboxylic acid groups (broad SMARTS) is 1. The Hall–Kier alpha value is -2.56. The van der Waals surface area contributed by atoms with E-state index in [1.54, 1.807) is 24.5 Å². The van der Waals surface area contributed by atoms with Crippen molar-refractivity contribution in [2.75, 3.05) is 11.1 Å². The van der Waals surface area contributed by atoms with Crippen molar-refractivity contribution in [3.63, 3.8) is 0 Å². The normalized spacial score (nSPS) is 10.1. The molecule has 4 N–H and O–H groups in total. The average Bonchev–Trinajstić information content (AvgIpc) is 2.31. The van der Waals surface area contributed by atoms with Gasteiger partial charge in [-0.2, -0.15) is 0 Å². The molecular weight excluding hydrogens is 230 g/mol. The highest BCUT2D eigenvalue weighted by Gasteiger charge is 2.08. The number of nitrogen functional groups attached to an aromatic ring is 1. The summed E-state index contributed by atoms with van der Waals surface area (Å²) in [7, 11) is 0. The Kier molecular flexibility index (Phi) is 3.14. The van der Waals surface area contributed by atoms with Crippen molar-refractivity contribution in [2.45, 2.75) is 6.92 Å². The first kappa shape index (κ1) is 11.9. The van der Waals surface area contributed by atoms with Crippen LogP contribution in [0.4, 0.5) is 17.1 Å². The van der Waals surface area contributed by atoms with Crippen LogP contribution in [0.1, 0.15) is 15.9 Å². The molecule has 0 atom stereocenters. The Labute approximate surface area is 104 Å². The number of benzene rings is 1. The van der Waals surface area contributed by atoms with Crippen LogP contribution in [0, 0.1) is 6.92 Å². The molecule has 92 valence electrons. The summed E-state index contributed by atoms with van der Waals surface area (Å²) in [6, 6.07) is 6.71. The number of rotatable bonds is 3. The Bertz CT molecular complexity index is 597. The second-order valence-corrected chi connectivity index (χ2v) is 3.98. The van der Waals surface area contributed by atoms with E-state index in [-0.39, 0.29) is 11.3 Å². The maximum Gasteiger partial charge on any atom is 0.337 e. The molecule has 0 spiro atoms. The molecule has 0 radical (unpaired) electrons. The van der Waals surface area contributed by atoms with E-state index in [1.165, 1.54) is 6.07 Å². The van der Waals surface area contributed by atoms with Crippen molar-refractivity contribution in [1.29, 1.82) is 0 Å². The number of nitrogens with zero attached hydrogens (tertiary/aromatic N) is 1. The first-order valence-electron chi connectivity index (χ1n) is 5.38. The van der Waals surface area contributed by atoms with Crippen LogP contribution in [-0.4, -0.2) is 16.1 Å². The minimum absolute atomic E-state index is 0.0839. The first-order chi connectivity index (χ1) is 8.56. The van der Waals surface area contributed by atoms with Crippen molar-refractivity contribution < 1.29 is 9.90 Å². The van der Waals surface area contributed by atoms with E-state index in [0.717, 1.165) is 11.3 Å². The summed E-state index contributed by atoms with van der Waals surface area (Å²) in [5.41, 5.74) is 8.40. The van der Waals surface area contributed by atoms with Crippen LogP contribution in [0.2, 0.25) is 0 Å². The predicted molar refractivity (Wildman–Crippen MR) is 70.1 cm³/mol. The van der Waals surface area contributed by atoms with Gasteiger partial charge in [-0.05, 0) is 36.8 Å². The molecular formula is C13H13N3O2. The second-order valence-electron chi connectivity index (χ2n) is 3.98. The van der Waals surface area contributed by atoms with Gasteiger partial charge < -0.3 is 16.2 Å². The van der Waals surface area contributed by atoms with Gasteiger partial charge in [0.2, 0.25) is 0 Å². The van der Waals surface area contributed by atoms with Crippen LogP contribution in [0.15, 0.2) is 36.7 Å². The number of aryl methyl sites for hydroxylation is 1. The second kappa shape index (κ2) is 4.75. The molecule has 0 aliphatic carbocycles. The molecule has 0 amide bonds. The number of carboxylic acids is 1. The number of aromatic nitrogens is 1. The largest absolute Gasteiger partial charge is 0.478 e. The Morgan fingerprint density at radius 3 is 2.72 bits per heavy atom. The molecule has 0 bridgehead atoms. The summed E-state index contributed by atoms with van der Waals surface area (Å²) in [6.45, 7) is 1.93. The number of carbonyl (C=O) groups is 1. The van der Waals surface area contributed by atoms with Gasteiger partial charge in [-0.15, -0.1) is 0 Å². The fraction of sp³-hybridized carbons (Fsp3) is 0.0769. The standard InChI is InChI=1S/C13H13N3O2/c1-8-4-10(7-15-6-8)16-9-2-3-12(14)11(5-9)13(17)18/h2-7,16H,14H2,1H3,(H,17,18). The fourth-order valence-corrected chi connectivity index (χ4v) is 1.61. The van der Waals surface area contributed by atoms with E-state index in [9.17, 15) is 4.79 Å². The zero-order chi connectivity index (χ0) is 13.1. The molecule has 1 aromatic carbocycles. The van der Waals surface area contributed by atoms with Crippen molar-refractivity contribution in [1.82, 2.24) is 4.98 Å². The summed E-state index contributed by atoms with van der Waals surface area (Å²) < 4.78 is 0. The molecule has 1 aromatic heterocycles. The lowest BCUT2D eigenvalue weighted by atomic mass is 10.1. The summed E-state index contributed by atoms with van der Waals surface area (Å²) in [4.78, 5) is 15.0. The van der Waals surface area contributed by atoms with E-state index >= 15 is 0 Å². The van der Waals surface area contributed by atoms with Gasteiger partial charge >= 0.3 is 5.97 Å². The molecule has 0 unspecified atom stereocenters. The van der Waals surface area contributed by atoms with Crippen LogP contribution in [-0.2, 0) is 0 Å². The Morgan fingerprint density at radius 2 is 2.06 bits per heavy atom. The number of hydrogen-bond donors (Lipinski definition) is 3. The molecule has 0 aliphatic heterocycles. The quantitative estimate of drug-likeness (QED) is 0.720. The zero-order valence-electron chi connectivity index (χ0n) is 9.84. The lowest BCUT2D eigenvalue weighted by Gasteiger charge is -2.08. The summed E-state index contributed by atoms with van der Waals surface area (Å²) in [5, 5.41) is 12.1. The highest BCUT2D eigenvalue weighted by molar-refractivity contribution is 5.95. The minimum Gasteiger partial charge on any atom is -0.478 e. The molecule has 0 aliphatic rings. The molecule has 2 rings (SSSR count). The van der Waals surface area contributed by atoms with Crippen molar-refractivity contribution >= 4 is 23.0 Å². The van der Waals surface area contributed by atoms with E-state index in [1.807, 2.05) is 13.0 Å². The SMILES string of the molecule is Cc1cncc(Nc2ccc(N)c(C(=O)O)c2)c1. The van der Waals surface area contributed by atoms with Crippen molar-refractivity contribution in [3.8, 4) is 0 Å². The number of nitrogens with one attached hydrogen (secondary N) is 1. The van der Waals surface area contributed by atoms with Crippen LogP contribution >= 0.6 is 0 Å². The van der Waals surface area contributed by atoms with E-state index in [4.69, 9.17) is 10.8 Å². The molecule has 5 heteroatoms. The zero-order valence-corrected chi connectivity index (χ0v) is 9.84. The number of pyridine rings is 1. The number of hydrogen-bond acceptors (Lipinski definition) is 4. The highest BCUT2D eigenvalue weighted by Crippen LogP contribution is 2.21. The maximum absolute atomic E-state index is 11.0. The van der Waals surface area contributed by atoms with Crippen LogP contribution in [0.5, 0.6) is 0 Å². The molecule has 2 aromatic rings. The van der Waals surface area contributed by atoms with Gasteiger partial charge in [-0.1, -0.05) is 0 Å². The van der Waals surface area contributed by atoms with Crippen molar-refractivity contribution in [2.24, 2.45) is 0 Å². The van der Waals surface area contributed by atoms with E-state index < -0.39 is 5.97 Å². The minimum atomic E-state index is -1.04. The first-order valence-corrected chi connectivity index (χ1v) is 5.38. The number of aromatic carboxylic acids is 1. The lowest BCUT2D eigenvalue weighted by molar-refractivity contribution is 0.0698. The van der Waals surface area contributed by atoms with Gasteiger partial charge in [0.15, 0.2) is 0 Å². The topological polar surface area (TPSA) is 88.2 Å². The van der Waals surface area contributed by atoms with Gasteiger partial charge in [0.25, 0.3) is 0 Å². The third-order valence-electron chi connectivity index (χ3n) is 2.45. The fourth-order valence-electron chi connectivity index (χ4n) is 1.61. The molecule has 5 nitrogen and oxygen atoms in total. The van der Waals surface area contributed by atoms with Crippen LogP contribution in [0.3, 0.4) is 0 Å². The van der Waals surface area contributed by atoms with Gasteiger partial charge in [0.05, 0.1) is 17.4 Å². The van der Waals surface area contributed by atoms with Gasteiger partial charge in [-0.3, -0.25) is 4.98 Å². The third kappa shape index (κ3) is 2.57. The molecule has 0 fully saturated rings. The molecule has 0 saturated heterocycles. The molecule has 0 saturated carbocycles. The van der Waals surface area contributed by atoms with Crippen LogP contribution < -0.4 is 11.1 Å². The predicted octanol–water partition coefficient (Wildman–Crippen LogP) is 2.41. The van der Waals surface area contributed by atoms with E-state index in [0.29, 0.717) is 5.69 Å². The summed E-state index contributed by atoms with van der Waals surface area (Å²) >= 11 is 0. The van der Waals surface area contributed by atoms with Crippen LogP contribution in [0.25, 0.3) is 0 Å². The average molecular weight is 243 g/mol. The van der Waals surface area contributed by atoms with E-state index in [2.05, 4.69) is 10.3 Å². The summed E-state index contributed by atoms with van der Waals surface area (Å²) in [5.74, 6) is -1.04. The monoisotopic (exact) mass is 243 g/mol.